The minimum Gasteiger partial charge on any atom is -0.391 e. The molecule has 0 radical (unpaired) electrons. The highest BCUT2D eigenvalue weighted by atomic mass is 16.3. The summed E-state index contributed by atoms with van der Waals surface area (Å²) in [4.78, 5) is 29.3. The van der Waals surface area contributed by atoms with Crippen molar-refractivity contribution in [1.29, 1.82) is 0 Å². The molecule has 29 heavy (non-hydrogen) atoms. The second-order valence-electron chi connectivity index (χ2n) is 7.89. The Morgan fingerprint density at radius 2 is 1.97 bits per heavy atom. The van der Waals surface area contributed by atoms with Crippen LogP contribution in [-0.2, 0) is 11.2 Å². The van der Waals surface area contributed by atoms with E-state index in [0.29, 0.717) is 32.4 Å². The van der Waals surface area contributed by atoms with Gasteiger partial charge in [-0.1, -0.05) is 0 Å². The van der Waals surface area contributed by atoms with Crippen LogP contribution < -0.4 is 15.1 Å². The van der Waals surface area contributed by atoms with Gasteiger partial charge in [0.1, 0.15) is 18.0 Å². The van der Waals surface area contributed by atoms with Crippen molar-refractivity contribution in [2.24, 2.45) is 0 Å². The van der Waals surface area contributed by atoms with Crippen LogP contribution in [0.3, 0.4) is 0 Å². The van der Waals surface area contributed by atoms with Crippen LogP contribution in [0.5, 0.6) is 0 Å². The molecule has 0 unspecified atom stereocenters. The Hall–Kier alpha value is -2.74. The van der Waals surface area contributed by atoms with Crippen molar-refractivity contribution in [1.82, 2.24) is 20.3 Å². The lowest BCUT2D eigenvalue weighted by Crippen LogP contribution is -2.40. The lowest BCUT2D eigenvalue weighted by Gasteiger charge is -2.26. The first kappa shape index (κ1) is 21.0. The van der Waals surface area contributed by atoms with E-state index in [9.17, 15) is 9.90 Å². The van der Waals surface area contributed by atoms with E-state index in [1.165, 1.54) is 6.33 Å². The quantitative estimate of drug-likeness (QED) is 0.725. The van der Waals surface area contributed by atoms with Crippen molar-refractivity contribution in [3.8, 4) is 0 Å². The van der Waals surface area contributed by atoms with Crippen LogP contribution in [0.2, 0.25) is 0 Å². The van der Waals surface area contributed by atoms with Crippen LogP contribution in [0.15, 0.2) is 24.5 Å². The number of anilines is 2. The summed E-state index contributed by atoms with van der Waals surface area (Å²) in [5, 5.41) is 13.2. The molecule has 0 aliphatic carbocycles. The highest BCUT2D eigenvalue weighted by Crippen LogP contribution is 2.25. The third-order valence-corrected chi connectivity index (χ3v) is 5.10. The number of hydrogen-bond donors (Lipinski definition) is 2. The van der Waals surface area contributed by atoms with Crippen molar-refractivity contribution in [2.75, 3.05) is 37.0 Å². The normalized spacial score (nSPS) is 18.7. The number of aromatic nitrogens is 3. The first-order chi connectivity index (χ1) is 13.8. The van der Waals surface area contributed by atoms with Gasteiger partial charge in [-0.3, -0.25) is 9.78 Å². The molecule has 3 rings (SSSR count). The van der Waals surface area contributed by atoms with Gasteiger partial charge in [-0.05, 0) is 44.4 Å². The van der Waals surface area contributed by atoms with Gasteiger partial charge in [-0.25, -0.2) is 9.97 Å². The minimum atomic E-state index is -0.433. The number of β-amino-alcohol motifs (C(OH)–C–C–N with tert-alkyl or cyclic N) is 1. The van der Waals surface area contributed by atoms with Crippen molar-refractivity contribution in [2.45, 2.75) is 45.3 Å². The molecule has 2 N–H and O–H groups in total. The number of nitrogens with zero attached hydrogens (tertiary/aromatic N) is 5. The van der Waals surface area contributed by atoms with E-state index < -0.39 is 6.10 Å². The molecule has 3 heterocycles. The first-order valence-electron chi connectivity index (χ1n) is 9.96. The molecule has 1 amide bonds. The summed E-state index contributed by atoms with van der Waals surface area (Å²) >= 11 is 0. The number of amides is 1. The molecular weight excluding hydrogens is 368 g/mol. The van der Waals surface area contributed by atoms with Gasteiger partial charge in [-0.15, -0.1) is 0 Å². The highest BCUT2D eigenvalue weighted by molar-refractivity contribution is 5.76. The van der Waals surface area contributed by atoms with E-state index >= 15 is 0 Å². The number of carbonyl (C=O) groups is 1. The number of rotatable bonds is 7. The summed E-state index contributed by atoms with van der Waals surface area (Å²) in [6.07, 6.45) is 2.81. The predicted octanol–water partition coefficient (Wildman–Crippen LogP) is 1.24. The molecule has 8 heteroatoms. The van der Waals surface area contributed by atoms with Crippen molar-refractivity contribution in [3.05, 3.63) is 41.5 Å². The molecule has 2 aromatic heterocycles. The Morgan fingerprint density at radius 3 is 2.66 bits per heavy atom. The zero-order valence-electron chi connectivity index (χ0n) is 17.6. The molecule has 0 aromatic carbocycles. The van der Waals surface area contributed by atoms with E-state index in [0.717, 1.165) is 28.6 Å². The molecule has 2 aromatic rings. The Bertz CT molecular complexity index is 837. The van der Waals surface area contributed by atoms with E-state index in [2.05, 4.69) is 25.2 Å². The van der Waals surface area contributed by atoms with E-state index in [1.54, 1.807) is 0 Å². The first-order valence-corrected chi connectivity index (χ1v) is 9.96. The smallest absolute Gasteiger partial charge is 0.220 e. The second-order valence-corrected chi connectivity index (χ2v) is 7.89. The fourth-order valence-corrected chi connectivity index (χ4v) is 3.75. The zero-order valence-corrected chi connectivity index (χ0v) is 17.6. The molecule has 1 fully saturated rings. The van der Waals surface area contributed by atoms with Crippen LogP contribution >= 0.6 is 0 Å². The van der Waals surface area contributed by atoms with Crippen LogP contribution in [0.4, 0.5) is 11.6 Å². The van der Waals surface area contributed by atoms with Crippen LogP contribution in [-0.4, -0.2) is 65.3 Å². The van der Waals surface area contributed by atoms with Gasteiger partial charge in [0.15, 0.2) is 0 Å². The summed E-state index contributed by atoms with van der Waals surface area (Å²) in [6.45, 7) is 4.91. The molecule has 1 aliphatic rings. The number of hydrogen-bond acceptors (Lipinski definition) is 7. The summed E-state index contributed by atoms with van der Waals surface area (Å²) in [7, 11) is 3.85. The van der Waals surface area contributed by atoms with Crippen LogP contribution in [0.1, 0.15) is 29.8 Å². The maximum absolute atomic E-state index is 12.4. The fourth-order valence-electron chi connectivity index (χ4n) is 3.75. The molecule has 0 saturated carbocycles. The fraction of sp³-hybridized carbons (Fsp3) is 0.524. The molecule has 1 aliphatic heterocycles. The second kappa shape index (κ2) is 9.17. The number of carbonyl (C=O) groups excluding carboxylic acids is 1. The molecule has 0 bridgehead atoms. The Labute approximate surface area is 172 Å². The van der Waals surface area contributed by atoms with Gasteiger partial charge < -0.3 is 20.2 Å². The van der Waals surface area contributed by atoms with E-state index in [1.807, 2.05) is 51.0 Å². The highest BCUT2D eigenvalue weighted by Gasteiger charge is 2.32. The number of aliphatic hydroxyl groups excluding tert-OH is 1. The van der Waals surface area contributed by atoms with Gasteiger partial charge in [0.2, 0.25) is 5.91 Å². The summed E-state index contributed by atoms with van der Waals surface area (Å²) in [5.41, 5.74) is 3.07. The number of nitrogens with one attached hydrogen (secondary N) is 1. The summed E-state index contributed by atoms with van der Waals surface area (Å²) in [5.74, 6) is 1.58. The molecule has 8 nitrogen and oxygen atoms in total. The average molecular weight is 399 g/mol. The maximum Gasteiger partial charge on any atom is 0.220 e. The lowest BCUT2D eigenvalue weighted by atomic mass is 10.1. The SMILES string of the molecule is Cc1cc(CCC(=O)NC[C@H]2C[C@@H](O)CN2c2cc(N(C)C)ncn2)cc(C)n1. The van der Waals surface area contributed by atoms with Gasteiger partial charge in [-0.2, -0.15) is 0 Å². The molecule has 1 saturated heterocycles. The van der Waals surface area contributed by atoms with Gasteiger partial charge in [0.25, 0.3) is 0 Å². The number of aryl methyl sites for hydroxylation is 3. The van der Waals surface area contributed by atoms with Crippen molar-refractivity contribution in [3.63, 3.8) is 0 Å². The predicted molar refractivity (Wildman–Crippen MR) is 113 cm³/mol. The Morgan fingerprint density at radius 1 is 1.24 bits per heavy atom. The molecule has 0 spiro atoms. The number of pyridine rings is 1. The van der Waals surface area contributed by atoms with Crippen LogP contribution in [0.25, 0.3) is 0 Å². The average Bonchev–Trinajstić information content (AvgIpc) is 3.05. The Kier molecular flexibility index (Phi) is 6.64. The van der Waals surface area contributed by atoms with Gasteiger partial charge in [0, 0.05) is 51.1 Å². The number of aliphatic hydroxyl groups is 1. The largest absolute Gasteiger partial charge is 0.391 e. The summed E-state index contributed by atoms with van der Waals surface area (Å²) in [6, 6.07) is 5.95. The van der Waals surface area contributed by atoms with E-state index in [-0.39, 0.29) is 11.9 Å². The monoisotopic (exact) mass is 398 g/mol. The third kappa shape index (κ3) is 5.63. The molecule has 156 valence electrons. The van der Waals surface area contributed by atoms with Crippen LogP contribution in [0, 0.1) is 13.8 Å². The Balaban J connectivity index is 1.57. The topological polar surface area (TPSA) is 94.5 Å². The summed E-state index contributed by atoms with van der Waals surface area (Å²) < 4.78 is 0. The maximum atomic E-state index is 12.4. The minimum absolute atomic E-state index is 0.00396. The van der Waals surface area contributed by atoms with Crippen molar-refractivity contribution >= 4 is 17.5 Å². The van der Waals surface area contributed by atoms with Gasteiger partial charge in [0.05, 0.1) is 12.1 Å². The zero-order chi connectivity index (χ0) is 21.0. The van der Waals surface area contributed by atoms with E-state index in [4.69, 9.17) is 0 Å². The third-order valence-electron chi connectivity index (χ3n) is 5.10. The molecule has 2 atom stereocenters. The van der Waals surface area contributed by atoms with Gasteiger partial charge >= 0.3 is 0 Å². The molecular formula is C21H30N6O2. The van der Waals surface area contributed by atoms with Crippen molar-refractivity contribution < 1.29 is 9.90 Å². The standard InChI is InChI=1S/C21H30N6O2/c1-14-7-16(8-15(2)25-14)5-6-21(29)22-11-17-9-18(28)12-27(17)20-10-19(26(3)4)23-13-24-20/h7-8,10,13,17-18,28H,5-6,9,11-12H2,1-4H3,(H,22,29)/t17-,18-/m1/s1. The lowest BCUT2D eigenvalue weighted by molar-refractivity contribution is -0.121.